The summed E-state index contributed by atoms with van der Waals surface area (Å²) in [6, 6.07) is 11.6. The van der Waals surface area contributed by atoms with Gasteiger partial charge in [0.15, 0.2) is 0 Å². The largest absolute Gasteiger partial charge is 0.507 e. The van der Waals surface area contributed by atoms with E-state index < -0.39 is 16.7 Å². The van der Waals surface area contributed by atoms with Crippen molar-refractivity contribution in [3.63, 3.8) is 0 Å². The van der Waals surface area contributed by atoms with E-state index in [2.05, 4.69) is 10.6 Å². The van der Waals surface area contributed by atoms with Crippen molar-refractivity contribution in [2.45, 2.75) is 50.0 Å². The zero-order chi connectivity index (χ0) is 20.8. The van der Waals surface area contributed by atoms with Crippen LogP contribution in [0, 0.1) is 0 Å². The molecule has 1 aliphatic carbocycles. The molecule has 2 amide bonds. The lowest BCUT2D eigenvalue weighted by Crippen LogP contribution is -2.20. The lowest BCUT2D eigenvalue weighted by atomic mass is 10.0. The molecule has 1 atom stereocenters. The Morgan fingerprint density at radius 2 is 1.76 bits per heavy atom. The summed E-state index contributed by atoms with van der Waals surface area (Å²) in [5.74, 6) is -0.454. The molecular weight excluding hydrogens is 388 g/mol. The van der Waals surface area contributed by atoms with E-state index >= 15 is 0 Å². The molecule has 0 saturated heterocycles. The van der Waals surface area contributed by atoms with Crippen molar-refractivity contribution in [1.82, 2.24) is 0 Å². The van der Waals surface area contributed by atoms with Crippen molar-refractivity contribution < 1.29 is 18.9 Å². The number of phenols is 1. The molecule has 3 rings (SSSR count). The summed E-state index contributed by atoms with van der Waals surface area (Å²) in [4.78, 5) is 23.8. The topological polar surface area (TPSA) is 95.5 Å². The highest BCUT2D eigenvalue weighted by atomic mass is 32.2. The molecule has 0 radical (unpaired) electrons. The third kappa shape index (κ3) is 5.90. The molecule has 0 aromatic heterocycles. The highest BCUT2D eigenvalue weighted by molar-refractivity contribution is 7.84. The van der Waals surface area contributed by atoms with E-state index in [0.29, 0.717) is 17.1 Å². The number of hydrogen-bond donors (Lipinski definition) is 3. The summed E-state index contributed by atoms with van der Waals surface area (Å²) in [6.07, 6.45) is 5.56. The second-order valence-corrected chi connectivity index (χ2v) is 9.07. The molecule has 2 aromatic rings. The molecule has 0 bridgehead atoms. The summed E-state index contributed by atoms with van der Waals surface area (Å²) in [7, 11) is -0.920. The third-order valence-corrected chi connectivity index (χ3v) is 6.81. The van der Waals surface area contributed by atoms with Crippen LogP contribution >= 0.6 is 0 Å². The number of aromatic hydroxyl groups is 1. The van der Waals surface area contributed by atoms with Gasteiger partial charge < -0.3 is 15.7 Å². The maximum absolute atomic E-state index is 12.6. The van der Waals surface area contributed by atoms with Crippen LogP contribution in [-0.4, -0.2) is 26.4 Å². The number of nitrogens with one attached hydrogen (secondary N) is 2. The Morgan fingerprint density at radius 1 is 1.03 bits per heavy atom. The molecule has 0 aliphatic heterocycles. The Hall–Kier alpha value is -2.67. The number of benzene rings is 2. The number of hydrogen-bond acceptors (Lipinski definition) is 4. The highest BCUT2D eigenvalue weighted by Crippen LogP contribution is 2.25. The minimum atomic E-state index is -0.920. The Balaban J connectivity index is 1.69. The molecule has 1 aliphatic rings. The summed E-state index contributed by atoms with van der Waals surface area (Å²) >= 11 is 0. The maximum atomic E-state index is 12.6. The van der Waals surface area contributed by atoms with Gasteiger partial charge in [-0.05, 0) is 48.7 Å². The third-order valence-electron chi connectivity index (χ3n) is 4.98. The molecule has 154 valence electrons. The minimum absolute atomic E-state index is 0.0624. The van der Waals surface area contributed by atoms with Gasteiger partial charge in [0.1, 0.15) is 5.75 Å². The first-order valence-corrected chi connectivity index (χ1v) is 11.2. The first kappa shape index (κ1) is 21.0. The first-order chi connectivity index (χ1) is 13.9. The van der Waals surface area contributed by atoms with Crippen LogP contribution in [0.25, 0.3) is 0 Å². The fraction of sp³-hybridized carbons (Fsp3) is 0.364. The normalized spacial score (nSPS) is 15.5. The van der Waals surface area contributed by atoms with E-state index in [9.17, 15) is 18.9 Å². The number of anilines is 2. The Kier molecular flexibility index (Phi) is 7.04. The molecule has 3 N–H and O–H groups in total. The van der Waals surface area contributed by atoms with Gasteiger partial charge in [0, 0.05) is 40.1 Å². The fourth-order valence-corrected chi connectivity index (χ4v) is 5.15. The van der Waals surface area contributed by atoms with Gasteiger partial charge in [-0.1, -0.05) is 31.4 Å². The van der Waals surface area contributed by atoms with Crippen molar-refractivity contribution in [1.29, 1.82) is 0 Å². The Labute approximate surface area is 173 Å². The molecule has 1 fully saturated rings. The zero-order valence-corrected chi connectivity index (χ0v) is 17.3. The van der Waals surface area contributed by atoms with Crippen LogP contribution in [0.15, 0.2) is 42.5 Å². The van der Waals surface area contributed by atoms with Crippen molar-refractivity contribution in [2.75, 3.05) is 10.6 Å². The van der Waals surface area contributed by atoms with Gasteiger partial charge in [-0.25, -0.2) is 0 Å². The smallest absolute Gasteiger partial charge is 0.259 e. The van der Waals surface area contributed by atoms with Crippen molar-refractivity contribution in [2.24, 2.45) is 0 Å². The molecule has 7 heteroatoms. The van der Waals surface area contributed by atoms with E-state index in [-0.39, 0.29) is 22.5 Å². The van der Waals surface area contributed by atoms with Crippen LogP contribution in [0.5, 0.6) is 5.75 Å². The number of phenolic OH excluding ortho intramolecular Hbond substituents is 1. The van der Waals surface area contributed by atoms with Gasteiger partial charge >= 0.3 is 0 Å². The molecule has 1 unspecified atom stereocenters. The van der Waals surface area contributed by atoms with Crippen LogP contribution in [0.4, 0.5) is 11.4 Å². The maximum Gasteiger partial charge on any atom is 0.259 e. The van der Waals surface area contributed by atoms with E-state index in [0.717, 1.165) is 31.2 Å². The molecule has 1 saturated carbocycles. The molecule has 29 heavy (non-hydrogen) atoms. The monoisotopic (exact) mass is 414 g/mol. The SMILES string of the molecule is CC(=O)Nc1ccc(O)c(C(=O)Nc2cccc(CS(=O)C3CCCCC3)c2)c1. The van der Waals surface area contributed by atoms with Gasteiger partial charge in [-0.3, -0.25) is 13.8 Å². The number of carbonyl (C=O) groups is 2. The van der Waals surface area contributed by atoms with Crippen molar-refractivity contribution >= 4 is 34.0 Å². The average molecular weight is 415 g/mol. The van der Waals surface area contributed by atoms with Crippen LogP contribution in [0.3, 0.4) is 0 Å². The molecule has 2 aromatic carbocycles. The summed E-state index contributed by atoms with van der Waals surface area (Å²) in [6.45, 7) is 1.37. The van der Waals surface area contributed by atoms with Crippen molar-refractivity contribution in [3.8, 4) is 5.75 Å². The predicted octanol–water partition coefficient (Wildman–Crippen LogP) is 4.18. The molecule has 6 nitrogen and oxygen atoms in total. The molecule has 0 spiro atoms. The van der Waals surface area contributed by atoms with E-state index in [1.165, 1.54) is 31.5 Å². The number of amides is 2. The van der Waals surface area contributed by atoms with Gasteiger partial charge in [-0.15, -0.1) is 0 Å². The second kappa shape index (κ2) is 9.69. The fourth-order valence-electron chi connectivity index (χ4n) is 3.55. The molecular formula is C22H26N2O4S. The Morgan fingerprint density at radius 3 is 2.48 bits per heavy atom. The summed E-state index contributed by atoms with van der Waals surface area (Å²) in [5, 5.41) is 15.6. The van der Waals surface area contributed by atoms with Crippen LogP contribution in [0.2, 0.25) is 0 Å². The quantitative estimate of drug-likeness (QED) is 0.618. The number of rotatable bonds is 6. The van der Waals surface area contributed by atoms with E-state index in [4.69, 9.17) is 0 Å². The lowest BCUT2D eigenvalue weighted by Gasteiger charge is -2.21. The summed E-state index contributed by atoms with van der Waals surface area (Å²) < 4.78 is 12.6. The predicted molar refractivity (Wildman–Crippen MR) is 116 cm³/mol. The van der Waals surface area contributed by atoms with E-state index in [1.807, 2.05) is 18.2 Å². The Bertz CT molecular complexity index is 923. The second-order valence-electron chi connectivity index (χ2n) is 7.35. The molecule has 0 heterocycles. The van der Waals surface area contributed by atoms with Crippen LogP contribution < -0.4 is 10.6 Å². The minimum Gasteiger partial charge on any atom is -0.507 e. The zero-order valence-electron chi connectivity index (χ0n) is 16.4. The van der Waals surface area contributed by atoms with Crippen LogP contribution in [-0.2, 0) is 21.3 Å². The van der Waals surface area contributed by atoms with Gasteiger partial charge in [0.05, 0.1) is 5.56 Å². The summed E-state index contributed by atoms with van der Waals surface area (Å²) in [5.41, 5.74) is 1.96. The van der Waals surface area contributed by atoms with E-state index in [1.54, 1.807) is 6.07 Å². The standard InChI is InChI=1S/C22H26N2O4S/c1-15(25)23-18-10-11-21(26)20(13-18)22(27)24-17-7-5-6-16(12-17)14-29(28)19-8-3-2-4-9-19/h5-7,10-13,19,26H,2-4,8-9,14H2,1H3,(H,23,25)(H,24,27). The highest BCUT2D eigenvalue weighted by Gasteiger charge is 2.20. The van der Waals surface area contributed by atoms with Gasteiger partial charge in [0.25, 0.3) is 5.91 Å². The first-order valence-electron chi connectivity index (χ1n) is 9.80. The number of carbonyl (C=O) groups excluding carboxylic acids is 2. The van der Waals surface area contributed by atoms with Gasteiger partial charge in [0.2, 0.25) is 5.91 Å². The average Bonchev–Trinajstić information content (AvgIpc) is 2.70. The lowest BCUT2D eigenvalue weighted by molar-refractivity contribution is -0.114. The van der Waals surface area contributed by atoms with Crippen molar-refractivity contribution in [3.05, 3.63) is 53.6 Å². The van der Waals surface area contributed by atoms with Gasteiger partial charge in [-0.2, -0.15) is 0 Å². The van der Waals surface area contributed by atoms with Crippen LogP contribution in [0.1, 0.15) is 54.9 Å².